The van der Waals surface area contributed by atoms with Crippen LogP contribution in [0.2, 0.25) is 5.02 Å². The average molecular weight is 523 g/mol. The molecule has 10 heteroatoms. The van der Waals surface area contributed by atoms with E-state index in [4.69, 9.17) is 16.7 Å². The number of carboxylic acid groups (broad SMARTS) is 1. The molecule has 4 N–H and O–H groups in total. The molecular weight excluding hydrogens is 484 g/mol. The largest absolute Gasteiger partial charge is 0.480 e. The first-order chi connectivity index (χ1) is 17.1. The molecule has 1 heterocycles. The van der Waals surface area contributed by atoms with Crippen LogP contribution in [-0.4, -0.2) is 82.3 Å². The number of carboxylic acids is 1. The van der Waals surface area contributed by atoms with Crippen molar-refractivity contribution in [1.29, 1.82) is 0 Å². The zero-order valence-electron chi connectivity index (χ0n) is 21.2. The Kier molecular flexibility index (Phi) is 10.1. The van der Waals surface area contributed by atoms with Crippen LogP contribution in [0.5, 0.6) is 0 Å². The molecule has 200 valence electrons. The Morgan fingerprint density at radius 1 is 1.11 bits per heavy atom. The summed E-state index contributed by atoms with van der Waals surface area (Å²) >= 11 is 5.96. The third-order valence-electron chi connectivity index (χ3n) is 7.17. The molecule has 2 amide bonds. The van der Waals surface area contributed by atoms with E-state index in [0.717, 1.165) is 31.2 Å². The molecular formula is C26H39ClN4O5. The van der Waals surface area contributed by atoms with Gasteiger partial charge in [0.2, 0.25) is 5.91 Å². The van der Waals surface area contributed by atoms with Crippen LogP contribution in [0.4, 0.5) is 0 Å². The number of aliphatic carboxylic acids is 1. The number of carbonyl (C=O) groups excluding carboxylic acids is 2. The first-order valence-electron chi connectivity index (χ1n) is 12.8. The van der Waals surface area contributed by atoms with E-state index in [9.17, 15) is 19.5 Å². The Bertz CT molecular complexity index is 904. The maximum absolute atomic E-state index is 13.5. The van der Waals surface area contributed by atoms with Gasteiger partial charge in [-0.2, -0.15) is 0 Å². The third kappa shape index (κ3) is 7.65. The van der Waals surface area contributed by atoms with Gasteiger partial charge < -0.3 is 15.1 Å². The lowest BCUT2D eigenvalue weighted by atomic mass is 9.87. The minimum absolute atomic E-state index is 0.0428. The fourth-order valence-corrected chi connectivity index (χ4v) is 5.16. The van der Waals surface area contributed by atoms with Crippen LogP contribution in [-0.2, 0) is 20.8 Å². The van der Waals surface area contributed by atoms with Gasteiger partial charge in [0.15, 0.2) is 0 Å². The minimum atomic E-state index is -1.04. The molecule has 0 radical (unpaired) electrons. The lowest BCUT2D eigenvalue weighted by Crippen LogP contribution is -2.56. The zero-order valence-corrected chi connectivity index (χ0v) is 22.0. The van der Waals surface area contributed by atoms with Crippen molar-refractivity contribution in [2.45, 2.75) is 76.9 Å². The Morgan fingerprint density at radius 3 is 2.39 bits per heavy atom. The molecule has 2 atom stereocenters. The second-order valence-electron chi connectivity index (χ2n) is 10.6. The molecule has 3 rings (SSSR count). The van der Waals surface area contributed by atoms with Crippen LogP contribution >= 0.6 is 11.6 Å². The number of hydrazine groups is 1. The van der Waals surface area contributed by atoms with Crippen LogP contribution in [0.1, 0.15) is 57.9 Å². The predicted octanol–water partition coefficient (Wildman–Crippen LogP) is 2.21. The molecule has 1 aromatic carbocycles. The molecule has 0 unspecified atom stereocenters. The Morgan fingerprint density at radius 2 is 1.78 bits per heavy atom. The molecule has 0 spiro atoms. The standard InChI is InChI=1S/C26H39ClN4O5/c1-26(2,17-32)25(36)31(20-6-4-3-5-7-20)21-12-13-30(16-21)29-24(35)22(28-15-23(33)34)14-18-8-10-19(27)11-9-18/h8-11,20-22,28,32H,3-7,12-17H2,1-2H3,(H,29,35)(H,33,34)/t21-,22+/m0/s1. The summed E-state index contributed by atoms with van der Waals surface area (Å²) in [7, 11) is 0. The summed E-state index contributed by atoms with van der Waals surface area (Å²) < 4.78 is 0. The number of rotatable bonds is 11. The topological polar surface area (TPSA) is 122 Å². The van der Waals surface area contributed by atoms with Crippen molar-refractivity contribution < 1.29 is 24.6 Å². The van der Waals surface area contributed by atoms with Gasteiger partial charge in [-0.05, 0) is 57.2 Å². The van der Waals surface area contributed by atoms with Crippen molar-refractivity contribution in [3.8, 4) is 0 Å². The summed E-state index contributed by atoms with van der Waals surface area (Å²) in [5, 5.41) is 24.2. The highest BCUT2D eigenvalue weighted by atomic mass is 35.5. The van der Waals surface area contributed by atoms with Gasteiger partial charge in [-0.1, -0.05) is 43.0 Å². The zero-order chi connectivity index (χ0) is 26.3. The molecule has 0 bridgehead atoms. The van der Waals surface area contributed by atoms with Crippen LogP contribution in [0, 0.1) is 5.41 Å². The first-order valence-corrected chi connectivity index (χ1v) is 13.2. The van der Waals surface area contributed by atoms with Crippen LogP contribution in [0.25, 0.3) is 0 Å². The highest BCUT2D eigenvalue weighted by Gasteiger charge is 2.41. The van der Waals surface area contributed by atoms with Crippen LogP contribution < -0.4 is 10.7 Å². The summed E-state index contributed by atoms with van der Waals surface area (Å²) in [5.74, 6) is -1.41. The lowest BCUT2D eigenvalue weighted by Gasteiger charge is -2.42. The molecule has 1 aromatic rings. The van der Waals surface area contributed by atoms with Gasteiger partial charge in [0, 0.05) is 30.2 Å². The fraction of sp³-hybridized carbons (Fsp3) is 0.654. The summed E-state index contributed by atoms with van der Waals surface area (Å²) in [6.45, 7) is 4.06. The molecule has 1 aliphatic heterocycles. The van der Waals surface area contributed by atoms with Gasteiger partial charge in [0.1, 0.15) is 0 Å². The van der Waals surface area contributed by atoms with E-state index in [1.165, 1.54) is 6.42 Å². The highest BCUT2D eigenvalue weighted by molar-refractivity contribution is 6.30. The SMILES string of the molecule is CC(C)(CO)C(=O)N(C1CCCCC1)[C@H]1CCN(NC(=O)[C@@H](Cc2ccc(Cl)cc2)NCC(=O)O)C1. The van der Waals surface area contributed by atoms with Gasteiger partial charge in [0.25, 0.3) is 5.91 Å². The van der Waals surface area contributed by atoms with Crippen molar-refractivity contribution in [2.75, 3.05) is 26.2 Å². The fourth-order valence-electron chi connectivity index (χ4n) is 5.03. The Hall–Kier alpha value is -2.20. The molecule has 2 aliphatic rings. The number of nitrogens with one attached hydrogen (secondary N) is 2. The van der Waals surface area contributed by atoms with Gasteiger partial charge >= 0.3 is 5.97 Å². The molecule has 2 fully saturated rings. The number of carbonyl (C=O) groups is 3. The number of aliphatic hydroxyl groups is 1. The average Bonchev–Trinajstić information content (AvgIpc) is 3.31. The van der Waals surface area contributed by atoms with E-state index in [1.807, 2.05) is 22.0 Å². The van der Waals surface area contributed by atoms with Crippen molar-refractivity contribution in [3.63, 3.8) is 0 Å². The number of hydrogen-bond acceptors (Lipinski definition) is 6. The van der Waals surface area contributed by atoms with Gasteiger partial charge in [-0.25, -0.2) is 5.01 Å². The van der Waals surface area contributed by atoms with Crippen LogP contribution in [0.15, 0.2) is 24.3 Å². The van der Waals surface area contributed by atoms with Crippen molar-refractivity contribution in [2.24, 2.45) is 5.41 Å². The Labute approximate surface area is 218 Å². The number of nitrogens with zero attached hydrogens (tertiary/aromatic N) is 2. The van der Waals surface area contributed by atoms with Crippen molar-refractivity contribution in [3.05, 3.63) is 34.9 Å². The summed E-state index contributed by atoms with van der Waals surface area (Å²) in [4.78, 5) is 39.7. The second-order valence-corrected chi connectivity index (χ2v) is 11.0. The van der Waals surface area contributed by atoms with E-state index in [2.05, 4.69) is 10.7 Å². The molecule has 1 saturated carbocycles. The number of aliphatic hydroxyl groups excluding tert-OH is 1. The van der Waals surface area contributed by atoms with Crippen molar-refractivity contribution >= 4 is 29.4 Å². The molecule has 36 heavy (non-hydrogen) atoms. The maximum atomic E-state index is 13.5. The molecule has 1 aliphatic carbocycles. The highest BCUT2D eigenvalue weighted by Crippen LogP contribution is 2.31. The van der Waals surface area contributed by atoms with E-state index < -0.39 is 17.4 Å². The minimum Gasteiger partial charge on any atom is -0.480 e. The smallest absolute Gasteiger partial charge is 0.317 e. The van der Waals surface area contributed by atoms with E-state index >= 15 is 0 Å². The van der Waals surface area contributed by atoms with Gasteiger partial charge in [-0.3, -0.25) is 25.1 Å². The molecule has 9 nitrogen and oxygen atoms in total. The summed E-state index contributed by atoms with van der Waals surface area (Å²) in [6, 6.07) is 6.44. The van der Waals surface area contributed by atoms with Crippen molar-refractivity contribution in [1.82, 2.24) is 20.7 Å². The number of amides is 2. The first kappa shape index (κ1) is 28.4. The van der Waals surface area contributed by atoms with E-state index in [0.29, 0.717) is 31.0 Å². The normalized spacial score (nSPS) is 20.2. The Balaban J connectivity index is 1.68. The van der Waals surface area contributed by atoms with Gasteiger partial charge in [-0.15, -0.1) is 0 Å². The summed E-state index contributed by atoms with van der Waals surface area (Å²) in [6.07, 6.45) is 6.29. The second kappa shape index (κ2) is 12.9. The number of benzene rings is 1. The third-order valence-corrected chi connectivity index (χ3v) is 7.42. The molecule has 0 aromatic heterocycles. The number of hydrogen-bond donors (Lipinski definition) is 4. The van der Waals surface area contributed by atoms with E-state index in [1.54, 1.807) is 26.0 Å². The maximum Gasteiger partial charge on any atom is 0.317 e. The quantitative estimate of drug-likeness (QED) is 0.351. The monoisotopic (exact) mass is 522 g/mol. The molecule has 1 saturated heterocycles. The van der Waals surface area contributed by atoms with Crippen LogP contribution in [0.3, 0.4) is 0 Å². The predicted molar refractivity (Wildman–Crippen MR) is 137 cm³/mol. The van der Waals surface area contributed by atoms with E-state index in [-0.39, 0.29) is 37.0 Å². The summed E-state index contributed by atoms with van der Waals surface area (Å²) in [5.41, 5.74) is 2.94. The lowest BCUT2D eigenvalue weighted by molar-refractivity contribution is -0.148. The van der Waals surface area contributed by atoms with Gasteiger partial charge in [0.05, 0.1) is 24.6 Å². The number of halogens is 1.